The predicted molar refractivity (Wildman–Crippen MR) is 47.2 cm³/mol. The average Bonchev–Trinajstić information content (AvgIpc) is 2.06. The van der Waals surface area contributed by atoms with E-state index in [1.807, 2.05) is 31.4 Å². The smallest absolute Gasteiger partial charge is 0.174 e. The van der Waals surface area contributed by atoms with Crippen LogP contribution in [0.3, 0.4) is 0 Å². The number of hydrogen-bond acceptors (Lipinski definition) is 2. The van der Waals surface area contributed by atoms with Crippen LogP contribution >= 0.6 is 0 Å². The molecular weight excluding hydrogens is 136 g/mol. The molecule has 11 heavy (non-hydrogen) atoms. The molecule has 1 aliphatic rings. The number of hydrogen-bond donors (Lipinski definition) is 1. The molecule has 0 saturated carbocycles. The van der Waals surface area contributed by atoms with Crippen molar-refractivity contribution in [1.29, 1.82) is 0 Å². The average molecular weight is 146 g/mol. The lowest BCUT2D eigenvalue weighted by Gasteiger charge is -2.01. The van der Waals surface area contributed by atoms with Gasteiger partial charge in [-0.1, -0.05) is 17.9 Å². The molecule has 0 spiro atoms. The van der Waals surface area contributed by atoms with Crippen LogP contribution in [0.5, 0.6) is 0 Å². The maximum atomic E-state index is 3.72. The number of aliphatic imine (C=N–C) groups is 1. The topological polar surface area (TPSA) is 24.4 Å². The Morgan fingerprint density at radius 2 is 2.55 bits per heavy atom. The molecule has 0 bridgehead atoms. The highest BCUT2D eigenvalue weighted by atomic mass is 15.0. The van der Waals surface area contributed by atoms with E-state index >= 15 is 0 Å². The van der Waals surface area contributed by atoms with E-state index in [4.69, 9.17) is 0 Å². The number of nitrogens with one attached hydrogen (secondary N) is 1. The van der Waals surface area contributed by atoms with Crippen LogP contribution in [0.25, 0.3) is 0 Å². The van der Waals surface area contributed by atoms with Crippen molar-refractivity contribution >= 4 is 6.72 Å². The summed E-state index contributed by atoms with van der Waals surface area (Å²) in [5, 5.41) is 2.90. The minimum atomic E-state index is 0.667. The van der Waals surface area contributed by atoms with Crippen molar-refractivity contribution in [2.45, 2.75) is 6.92 Å². The fraction of sp³-hybridized carbons (Fsp3) is 0.111. The molecule has 56 valence electrons. The third kappa shape index (κ3) is 1.95. The SMILES string of the molecule is C=NC1=C=C(/C=C\C)C=CN1. The Labute approximate surface area is 66.3 Å². The van der Waals surface area contributed by atoms with Crippen LogP contribution in [0.15, 0.2) is 46.5 Å². The summed E-state index contributed by atoms with van der Waals surface area (Å²) in [4.78, 5) is 3.72. The molecule has 0 saturated heterocycles. The molecule has 2 heteroatoms. The second-order valence-electron chi connectivity index (χ2n) is 2.06. The molecule has 1 aliphatic heterocycles. The van der Waals surface area contributed by atoms with Gasteiger partial charge in [-0.15, -0.1) is 0 Å². The Hall–Kier alpha value is -1.53. The van der Waals surface area contributed by atoms with Crippen LogP contribution in [-0.4, -0.2) is 6.72 Å². The highest BCUT2D eigenvalue weighted by molar-refractivity contribution is 5.37. The molecule has 1 N–H and O–H groups in total. The summed E-state index contributed by atoms with van der Waals surface area (Å²) in [5.74, 6) is 0.667. The Bertz CT molecular complexity index is 276. The summed E-state index contributed by atoms with van der Waals surface area (Å²) in [6.07, 6.45) is 7.66. The molecule has 0 radical (unpaired) electrons. The number of nitrogens with zero attached hydrogens (tertiary/aromatic N) is 1. The van der Waals surface area contributed by atoms with Crippen LogP contribution in [0.1, 0.15) is 6.92 Å². The Morgan fingerprint density at radius 1 is 1.73 bits per heavy atom. The van der Waals surface area contributed by atoms with Crippen molar-refractivity contribution in [3.8, 4) is 0 Å². The van der Waals surface area contributed by atoms with Gasteiger partial charge in [-0.3, -0.25) is 0 Å². The summed E-state index contributed by atoms with van der Waals surface area (Å²) >= 11 is 0. The van der Waals surface area contributed by atoms with Crippen molar-refractivity contribution < 1.29 is 0 Å². The molecule has 0 amide bonds. The Balaban J connectivity index is 3.00. The van der Waals surface area contributed by atoms with Crippen LogP contribution in [0.4, 0.5) is 0 Å². The molecule has 2 nitrogen and oxygen atoms in total. The van der Waals surface area contributed by atoms with E-state index in [1.165, 1.54) is 0 Å². The lowest BCUT2D eigenvalue weighted by Crippen LogP contribution is -2.03. The summed E-state index contributed by atoms with van der Waals surface area (Å²) in [5.41, 5.74) is 4.03. The van der Waals surface area contributed by atoms with Gasteiger partial charge in [0.05, 0.1) is 0 Å². The fourth-order valence-corrected chi connectivity index (χ4v) is 0.787. The van der Waals surface area contributed by atoms with Gasteiger partial charge in [-0.2, -0.15) is 0 Å². The van der Waals surface area contributed by atoms with Gasteiger partial charge in [-0.05, 0) is 19.7 Å². The Kier molecular flexibility index (Phi) is 2.47. The summed E-state index contributed by atoms with van der Waals surface area (Å²) in [6.45, 7) is 5.36. The van der Waals surface area contributed by atoms with Gasteiger partial charge < -0.3 is 5.32 Å². The highest BCUT2D eigenvalue weighted by Crippen LogP contribution is 2.03. The van der Waals surface area contributed by atoms with Gasteiger partial charge in [0.1, 0.15) is 0 Å². The van der Waals surface area contributed by atoms with Crippen molar-refractivity contribution in [2.75, 3.05) is 0 Å². The molecular formula is C9H10N2. The maximum absolute atomic E-state index is 3.72. The summed E-state index contributed by atoms with van der Waals surface area (Å²) in [6, 6.07) is 0. The minimum Gasteiger partial charge on any atom is -0.340 e. The Morgan fingerprint density at radius 3 is 3.18 bits per heavy atom. The van der Waals surface area contributed by atoms with Crippen LogP contribution in [-0.2, 0) is 0 Å². The van der Waals surface area contributed by atoms with Crippen molar-refractivity contribution in [1.82, 2.24) is 5.32 Å². The molecule has 0 atom stereocenters. The highest BCUT2D eigenvalue weighted by Gasteiger charge is 1.92. The predicted octanol–water partition coefficient (Wildman–Crippen LogP) is 1.75. The molecule has 0 fully saturated rings. The molecule has 1 heterocycles. The maximum Gasteiger partial charge on any atom is 0.174 e. The standard InChI is InChI=1S/C9H10N2/c1-3-4-8-5-6-11-9(7-8)10-2/h3-6,11H,2H2,1H3/b4-3-. The molecule has 0 aromatic carbocycles. The van der Waals surface area contributed by atoms with Crippen molar-refractivity contribution in [3.05, 3.63) is 41.6 Å². The van der Waals surface area contributed by atoms with E-state index in [0.29, 0.717) is 5.82 Å². The molecule has 0 aromatic heterocycles. The van der Waals surface area contributed by atoms with E-state index in [-0.39, 0.29) is 0 Å². The summed E-state index contributed by atoms with van der Waals surface area (Å²) < 4.78 is 0. The first-order valence-electron chi connectivity index (χ1n) is 3.40. The van der Waals surface area contributed by atoms with Gasteiger partial charge in [0, 0.05) is 11.8 Å². The minimum absolute atomic E-state index is 0.667. The number of allylic oxidation sites excluding steroid dienone is 4. The monoisotopic (exact) mass is 146 g/mol. The molecule has 0 aromatic rings. The van der Waals surface area contributed by atoms with Crippen LogP contribution in [0.2, 0.25) is 0 Å². The van der Waals surface area contributed by atoms with Gasteiger partial charge in [0.2, 0.25) is 0 Å². The second kappa shape index (κ2) is 3.59. The summed E-state index contributed by atoms with van der Waals surface area (Å²) in [7, 11) is 0. The molecule has 0 aliphatic carbocycles. The molecule has 1 rings (SSSR count). The van der Waals surface area contributed by atoms with E-state index in [1.54, 1.807) is 0 Å². The van der Waals surface area contributed by atoms with Gasteiger partial charge in [0.25, 0.3) is 0 Å². The third-order valence-electron chi connectivity index (χ3n) is 1.25. The van der Waals surface area contributed by atoms with E-state index < -0.39 is 0 Å². The van der Waals surface area contributed by atoms with Crippen molar-refractivity contribution in [3.63, 3.8) is 0 Å². The van der Waals surface area contributed by atoms with Gasteiger partial charge in [0.15, 0.2) is 5.82 Å². The lowest BCUT2D eigenvalue weighted by molar-refractivity contribution is 1.02. The van der Waals surface area contributed by atoms with Gasteiger partial charge >= 0.3 is 0 Å². The van der Waals surface area contributed by atoms with Crippen LogP contribution in [0, 0.1) is 0 Å². The first-order valence-corrected chi connectivity index (χ1v) is 3.40. The zero-order valence-corrected chi connectivity index (χ0v) is 6.46. The zero-order chi connectivity index (χ0) is 8.10. The molecule has 0 unspecified atom stereocenters. The normalized spacial score (nSPS) is 15.7. The first kappa shape index (κ1) is 7.58. The quantitative estimate of drug-likeness (QED) is 0.465. The van der Waals surface area contributed by atoms with Gasteiger partial charge in [-0.25, -0.2) is 4.99 Å². The zero-order valence-electron chi connectivity index (χ0n) is 6.46. The van der Waals surface area contributed by atoms with Crippen LogP contribution < -0.4 is 5.32 Å². The van der Waals surface area contributed by atoms with Crippen molar-refractivity contribution in [2.24, 2.45) is 4.99 Å². The fourth-order valence-electron chi connectivity index (χ4n) is 0.787. The number of rotatable bonds is 2. The second-order valence-corrected chi connectivity index (χ2v) is 2.06. The van der Waals surface area contributed by atoms with E-state index in [9.17, 15) is 0 Å². The first-order chi connectivity index (χ1) is 5.36. The largest absolute Gasteiger partial charge is 0.340 e. The lowest BCUT2D eigenvalue weighted by atomic mass is 10.2. The van der Waals surface area contributed by atoms with E-state index in [0.717, 1.165) is 5.57 Å². The van der Waals surface area contributed by atoms with E-state index in [2.05, 4.69) is 22.8 Å². The third-order valence-corrected chi connectivity index (χ3v) is 1.25.